The van der Waals surface area contributed by atoms with Gasteiger partial charge < -0.3 is 20.1 Å². The second kappa shape index (κ2) is 10.7. The molecule has 1 atom stereocenters. The van der Waals surface area contributed by atoms with Crippen LogP contribution in [0, 0.1) is 12.7 Å². The largest absolute Gasteiger partial charge is 0.338 e. The van der Waals surface area contributed by atoms with E-state index in [4.69, 9.17) is 11.6 Å². The number of rotatable bonds is 6. The van der Waals surface area contributed by atoms with E-state index in [0.29, 0.717) is 39.4 Å². The molecule has 196 valence electrons. The average Bonchev–Trinajstić information content (AvgIpc) is 3.30. The van der Waals surface area contributed by atoms with E-state index < -0.39 is 13.0 Å². The van der Waals surface area contributed by atoms with Gasteiger partial charge in [0.05, 0.1) is 11.9 Å². The highest BCUT2D eigenvalue weighted by Gasteiger charge is 2.25. The molecule has 9 heteroatoms. The van der Waals surface area contributed by atoms with E-state index >= 15 is 0 Å². The van der Waals surface area contributed by atoms with Crippen LogP contribution in [0.15, 0.2) is 36.5 Å². The Kier molecular flexibility index (Phi) is 7.58. The molecule has 6 nitrogen and oxygen atoms in total. The van der Waals surface area contributed by atoms with Crippen molar-refractivity contribution in [2.45, 2.75) is 51.5 Å². The molecule has 1 aromatic heterocycles. The average molecular weight is 542 g/mol. The summed E-state index contributed by atoms with van der Waals surface area (Å²) in [6.07, 6.45) is 8.78. The first kappa shape index (κ1) is 26.1. The van der Waals surface area contributed by atoms with Gasteiger partial charge in [0, 0.05) is 17.0 Å². The summed E-state index contributed by atoms with van der Waals surface area (Å²) in [7, 11) is -2.76. The third-order valence-corrected chi connectivity index (χ3v) is 9.27. The molecule has 2 aromatic carbocycles. The Morgan fingerprint density at radius 1 is 1.05 bits per heavy atom. The summed E-state index contributed by atoms with van der Waals surface area (Å²) in [5.74, 6) is 0.366. The number of aryl methyl sites for hydroxylation is 3. The summed E-state index contributed by atoms with van der Waals surface area (Å²) >= 11 is 6.40. The Labute approximate surface area is 223 Å². The van der Waals surface area contributed by atoms with Gasteiger partial charge in [0.25, 0.3) is 0 Å². The SMILES string of the molecule is Cc1cc(Nc2nc(Nc3ccc4c(c3)CCC(N3CCCC3)CC4)ncc2Cl)c(P(C)(C)=O)cc1F. The van der Waals surface area contributed by atoms with Crippen LogP contribution in [-0.2, 0) is 17.4 Å². The molecule has 1 saturated heterocycles. The van der Waals surface area contributed by atoms with Crippen molar-refractivity contribution >= 4 is 47.2 Å². The molecule has 5 rings (SSSR count). The molecule has 2 aliphatic rings. The predicted molar refractivity (Wildman–Crippen MR) is 152 cm³/mol. The summed E-state index contributed by atoms with van der Waals surface area (Å²) in [5.41, 5.74) is 4.70. The highest BCUT2D eigenvalue weighted by molar-refractivity contribution is 7.70. The Balaban J connectivity index is 1.35. The van der Waals surface area contributed by atoms with Crippen molar-refractivity contribution in [3.8, 4) is 0 Å². The van der Waals surface area contributed by atoms with Gasteiger partial charge in [-0.2, -0.15) is 4.98 Å². The van der Waals surface area contributed by atoms with Gasteiger partial charge in [0.15, 0.2) is 5.82 Å². The zero-order chi connectivity index (χ0) is 26.2. The molecule has 1 aliphatic carbocycles. The molecule has 0 amide bonds. The van der Waals surface area contributed by atoms with E-state index in [1.165, 1.54) is 62.2 Å². The number of benzene rings is 2. The number of aromatic nitrogens is 2. The van der Waals surface area contributed by atoms with Crippen molar-refractivity contribution in [2.75, 3.05) is 37.1 Å². The minimum absolute atomic E-state index is 0.315. The first-order chi connectivity index (χ1) is 17.7. The topological polar surface area (TPSA) is 70.2 Å². The van der Waals surface area contributed by atoms with Crippen molar-refractivity contribution in [3.63, 3.8) is 0 Å². The molecule has 1 fully saturated rings. The standard InChI is InChI=1S/C28H34ClFN5OP/c1-18-14-25(26(16-24(18)30)37(2,3)36)33-27-23(29)17-31-28(34-27)32-21-9-6-19-7-10-22(11-8-20(19)15-21)35-12-4-5-13-35/h6,9,14-17,22H,4-5,7-8,10-13H2,1-3H3,(H2,31,32,33,34). The molecule has 0 saturated carbocycles. The number of likely N-dealkylation sites (tertiary alicyclic amines) is 1. The van der Waals surface area contributed by atoms with Crippen LogP contribution < -0.4 is 15.9 Å². The van der Waals surface area contributed by atoms with E-state index in [1.54, 1.807) is 26.3 Å². The molecule has 37 heavy (non-hydrogen) atoms. The molecule has 0 bridgehead atoms. The molecule has 1 unspecified atom stereocenters. The maximum absolute atomic E-state index is 14.2. The summed E-state index contributed by atoms with van der Waals surface area (Å²) in [6, 6.07) is 10.1. The Morgan fingerprint density at radius 3 is 2.51 bits per heavy atom. The minimum Gasteiger partial charge on any atom is -0.338 e. The van der Waals surface area contributed by atoms with E-state index in [2.05, 4.69) is 43.7 Å². The zero-order valence-corrected chi connectivity index (χ0v) is 23.3. The van der Waals surface area contributed by atoms with Crippen LogP contribution in [0.4, 0.5) is 27.5 Å². The molecule has 3 aromatic rings. The Bertz CT molecular complexity index is 1350. The van der Waals surface area contributed by atoms with Crippen molar-refractivity contribution < 1.29 is 8.96 Å². The van der Waals surface area contributed by atoms with E-state index in [-0.39, 0.29) is 0 Å². The van der Waals surface area contributed by atoms with E-state index in [9.17, 15) is 8.96 Å². The number of hydrogen-bond donors (Lipinski definition) is 2. The number of hydrogen-bond acceptors (Lipinski definition) is 6. The highest BCUT2D eigenvalue weighted by atomic mass is 35.5. The second-order valence-corrected chi connectivity index (χ2v) is 14.2. The number of anilines is 4. The van der Waals surface area contributed by atoms with E-state index in [1.807, 2.05) is 0 Å². The van der Waals surface area contributed by atoms with Gasteiger partial charge in [0.2, 0.25) is 5.95 Å². The molecular weight excluding hydrogens is 508 g/mol. The smallest absolute Gasteiger partial charge is 0.229 e. The fraction of sp³-hybridized carbons (Fsp3) is 0.429. The summed E-state index contributed by atoms with van der Waals surface area (Å²) in [6.45, 7) is 7.38. The number of fused-ring (bicyclic) bond motifs is 1. The van der Waals surface area contributed by atoms with Gasteiger partial charge in [0.1, 0.15) is 18.0 Å². The normalized spacial score (nSPS) is 18.4. The molecule has 1 aliphatic heterocycles. The van der Waals surface area contributed by atoms with Gasteiger partial charge in [-0.15, -0.1) is 0 Å². The summed E-state index contributed by atoms with van der Waals surface area (Å²) in [5, 5.41) is 7.21. The lowest BCUT2D eigenvalue weighted by Crippen LogP contribution is -2.32. The lowest BCUT2D eigenvalue weighted by Gasteiger charge is -2.25. The van der Waals surface area contributed by atoms with Gasteiger partial charge in [-0.25, -0.2) is 9.37 Å². The summed E-state index contributed by atoms with van der Waals surface area (Å²) < 4.78 is 27.1. The van der Waals surface area contributed by atoms with Crippen LogP contribution in [0.5, 0.6) is 0 Å². The predicted octanol–water partition coefficient (Wildman–Crippen LogP) is 6.66. The lowest BCUT2D eigenvalue weighted by atomic mass is 10.0. The van der Waals surface area contributed by atoms with Crippen molar-refractivity contribution in [2.24, 2.45) is 0 Å². The Hall–Kier alpha value is -2.47. The maximum atomic E-state index is 14.2. The fourth-order valence-corrected chi connectivity index (χ4v) is 6.69. The molecule has 2 heterocycles. The highest BCUT2D eigenvalue weighted by Crippen LogP contribution is 2.40. The van der Waals surface area contributed by atoms with Crippen LogP contribution in [0.2, 0.25) is 5.02 Å². The number of nitrogens with one attached hydrogen (secondary N) is 2. The minimum atomic E-state index is -2.76. The maximum Gasteiger partial charge on any atom is 0.229 e. The zero-order valence-electron chi connectivity index (χ0n) is 21.7. The quantitative estimate of drug-likeness (QED) is 0.269. The lowest BCUT2D eigenvalue weighted by molar-refractivity contribution is 0.222. The van der Waals surface area contributed by atoms with Gasteiger partial charge in [-0.3, -0.25) is 0 Å². The van der Waals surface area contributed by atoms with Crippen molar-refractivity contribution in [1.82, 2.24) is 14.9 Å². The van der Waals surface area contributed by atoms with Crippen molar-refractivity contribution in [1.29, 1.82) is 0 Å². The molecule has 0 radical (unpaired) electrons. The van der Waals surface area contributed by atoms with Gasteiger partial charge >= 0.3 is 0 Å². The fourth-order valence-electron chi connectivity index (χ4n) is 5.43. The Morgan fingerprint density at radius 2 is 1.78 bits per heavy atom. The number of halogens is 2. The molecule has 2 N–H and O–H groups in total. The first-order valence-electron chi connectivity index (χ1n) is 13.0. The van der Waals surface area contributed by atoms with Crippen LogP contribution in [-0.4, -0.2) is 47.3 Å². The third kappa shape index (κ3) is 6.00. The van der Waals surface area contributed by atoms with Crippen molar-refractivity contribution in [3.05, 3.63) is 64.1 Å². The van der Waals surface area contributed by atoms with Crippen LogP contribution in [0.1, 0.15) is 42.4 Å². The first-order valence-corrected chi connectivity index (χ1v) is 15.9. The monoisotopic (exact) mass is 541 g/mol. The van der Waals surface area contributed by atoms with Crippen LogP contribution >= 0.6 is 18.7 Å². The molecule has 0 spiro atoms. The summed E-state index contributed by atoms with van der Waals surface area (Å²) in [4.78, 5) is 11.6. The second-order valence-electron chi connectivity index (χ2n) is 10.6. The van der Waals surface area contributed by atoms with Gasteiger partial charge in [-0.1, -0.05) is 17.7 Å². The number of nitrogens with zero attached hydrogens (tertiary/aromatic N) is 3. The third-order valence-electron chi connectivity index (χ3n) is 7.47. The van der Waals surface area contributed by atoms with Crippen LogP contribution in [0.3, 0.4) is 0 Å². The molecular formula is C28H34ClFN5OP. The van der Waals surface area contributed by atoms with Gasteiger partial charge in [-0.05, 0) is 113 Å². The van der Waals surface area contributed by atoms with E-state index in [0.717, 1.165) is 18.5 Å². The van der Waals surface area contributed by atoms with Crippen LogP contribution in [0.25, 0.3) is 0 Å².